The first kappa shape index (κ1) is 18.5. The molecule has 0 aromatic heterocycles. The van der Waals surface area contributed by atoms with Crippen LogP contribution < -0.4 is 5.32 Å². The summed E-state index contributed by atoms with van der Waals surface area (Å²) in [6.45, 7) is 7.44. The number of hydrogen-bond acceptors (Lipinski definition) is 2. The van der Waals surface area contributed by atoms with Crippen LogP contribution in [0.2, 0.25) is 0 Å². The van der Waals surface area contributed by atoms with Crippen LogP contribution in [0.3, 0.4) is 0 Å². The van der Waals surface area contributed by atoms with Crippen molar-refractivity contribution in [1.29, 1.82) is 0 Å². The zero-order valence-electron chi connectivity index (χ0n) is 16.0. The van der Waals surface area contributed by atoms with E-state index in [1.807, 2.05) is 23.1 Å². The number of carbonyl (C=O) groups is 1. The van der Waals surface area contributed by atoms with Gasteiger partial charge in [-0.1, -0.05) is 54.1 Å². The van der Waals surface area contributed by atoms with Crippen LogP contribution >= 0.6 is 0 Å². The number of likely N-dealkylation sites (N-methyl/N-ethyl adjacent to an activating group) is 1. The number of urea groups is 1. The van der Waals surface area contributed by atoms with E-state index >= 15 is 0 Å². The molecule has 138 valence electrons. The fourth-order valence-electron chi connectivity index (χ4n) is 3.65. The first-order valence-electron chi connectivity index (χ1n) is 9.38. The molecule has 1 saturated heterocycles. The SMILES string of the molecule is Cc1ccc(CCNC(=O)N2CCN(C)C[C@H]2c2ccccc2)c(C)c1. The normalized spacial score (nSPS) is 18.0. The summed E-state index contributed by atoms with van der Waals surface area (Å²) in [5.41, 5.74) is 5.07. The number of amides is 2. The third-order valence-electron chi connectivity index (χ3n) is 5.20. The third kappa shape index (κ3) is 4.44. The molecule has 0 bridgehead atoms. The number of hydrogen-bond donors (Lipinski definition) is 1. The van der Waals surface area contributed by atoms with Gasteiger partial charge in [-0.15, -0.1) is 0 Å². The molecule has 2 aromatic rings. The summed E-state index contributed by atoms with van der Waals surface area (Å²) < 4.78 is 0. The maximum absolute atomic E-state index is 12.8. The van der Waals surface area contributed by atoms with Crippen LogP contribution in [0.25, 0.3) is 0 Å². The Labute approximate surface area is 156 Å². The van der Waals surface area contributed by atoms with Crippen LogP contribution in [0.15, 0.2) is 48.5 Å². The lowest BCUT2D eigenvalue weighted by Gasteiger charge is -2.40. The molecule has 4 nitrogen and oxygen atoms in total. The summed E-state index contributed by atoms with van der Waals surface area (Å²) in [4.78, 5) is 17.1. The summed E-state index contributed by atoms with van der Waals surface area (Å²) >= 11 is 0. The van der Waals surface area contributed by atoms with Crippen molar-refractivity contribution in [2.24, 2.45) is 0 Å². The zero-order valence-corrected chi connectivity index (χ0v) is 16.0. The quantitative estimate of drug-likeness (QED) is 0.914. The fraction of sp³-hybridized carbons (Fsp3) is 0.409. The minimum absolute atomic E-state index is 0.0386. The average molecular weight is 351 g/mol. The van der Waals surface area contributed by atoms with Gasteiger partial charge in [-0.05, 0) is 44.0 Å². The van der Waals surface area contributed by atoms with Gasteiger partial charge in [0.15, 0.2) is 0 Å². The summed E-state index contributed by atoms with van der Waals surface area (Å²) in [6.07, 6.45) is 0.863. The highest BCUT2D eigenvalue weighted by Crippen LogP contribution is 2.24. The van der Waals surface area contributed by atoms with E-state index in [1.165, 1.54) is 22.3 Å². The molecule has 0 saturated carbocycles. The van der Waals surface area contributed by atoms with Gasteiger partial charge in [0, 0.05) is 26.2 Å². The van der Waals surface area contributed by atoms with Crippen molar-refractivity contribution >= 4 is 6.03 Å². The van der Waals surface area contributed by atoms with Crippen molar-refractivity contribution in [3.8, 4) is 0 Å². The Morgan fingerprint density at radius 3 is 2.62 bits per heavy atom. The number of aryl methyl sites for hydroxylation is 2. The highest BCUT2D eigenvalue weighted by atomic mass is 16.2. The second-order valence-corrected chi connectivity index (χ2v) is 7.29. The number of benzene rings is 2. The summed E-state index contributed by atoms with van der Waals surface area (Å²) in [6, 6.07) is 17.0. The van der Waals surface area contributed by atoms with E-state index in [9.17, 15) is 4.79 Å². The molecular formula is C22H29N3O. The molecule has 0 radical (unpaired) electrons. The molecule has 0 aliphatic carbocycles. The predicted molar refractivity (Wildman–Crippen MR) is 106 cm³/mol. The van der Waals surface area contributed by atoms with E-state index < -0.39 is 0 Å². The number of carbonyl (C=O) groups excluding carboxylic acids is 1. The van der Waals surface area contributed by atoms with Gasteiger partial charge >= 0.3 is 6.03 Å². The first-order valence-corrected chi connectivity index (χ1v) is 9.38. The molecular weight excluding hydrogens is 322 g/mol. The standard InChI is InChI=1S/C22H29N3O/c1-17-9-10-19(18(2)15-17)11-12-23-22(26)25-14-13-24(3)16-21(25)20-7-5-4-6-8-20/h4-10,15,21H,11-14,16H2,1-3H3,(H,23,26)/t21-/m0/s1. The topological polar surface area (TPSA) is 35.6 Å². The molecule has 0 unspecified atom stereocenters. The molecule has 3 rings (SSSR count). The molecule has 1 aliphatic rings. The van der Waals surface area contributed by atoms with Gasteiger partial charge in [0.2, 0.25) is 0 Å². The van der Waals surface area contributed by atoms with E-state index in [0.29, 0.717) is 6.54 Å². The van der Waals surface area contributed by atoms with Crippen molar-refractivity contribution in [1.82, 2.24) is 15.1 Å². The average Bonchev–Trinajstić information content (AvgIpc) is 2.64. The predicted octanol–water partition coefficient (Wildman–Crippen LogP) is 3.54. The molecule has 0 spiro atoms. The number of piperazine rings is 1. The van der Waals surface area contributed by atoms with Crippen molar-refractivity contribution in [3.63, 3.8) is 0 Å². The minimum Gasteiger partial charge on any atom is -0.338 e. The molecule has 1 fully saturated rings. The molecule has 1 atom stereocenters. The monoisotopic (exact) mass is 351 g/mol. The minimum atomic E-state index is 0.0386. The Morgan fingerprint density at radius 1 is 1.12 bits per heavy atom. The molecule has 26 heavy (non-hydrogen) atoms. The number of rotatable bonds is 4. The van der Waals surface area contributed by atoms with Gasteiger partial charge in [0.25, 0.3) is 0 Å². The molecule has 2 amide bonds. The molecule has 1 aliphatic heterocycles. The zero-order chi connectivity index (χ0) is 18.5. The van der Waals surface area contributed by atoms with Crippen molar-refractivity contribution in [2.45, 2.75) is 26.3 Å². The van der Waals surface area contributed by atoms with Crippen LogP contribution in [-0.2, 0) is 6.42 Å². The molecule has 1 heterocycles. The number of nitrogens with zero attached hydrogens (tertiary/aromatic N) is 2. The Kier molecular flexibility index (Phi) is 5.94. The Balaban J connectivity index is 1.62. The summed E-state index contributed by atoms with van der Waals surface area (Å²) in [5, 5.41) is 3.13. The van der Waals surface area contributed by atoms with Gasteiger partial charge in [-0.2, -0.15) is 0 Å². The van der Waals surface area contributed by atoms with E-state index in [2.05, 4.69) is 61.4 Å². The van der Waals surface area contributed by atoms with Crippen molar-refractivity contribution in [3.05, 3.63) is 70.8 Å². The van der Waals surface area contributed by atoms with E-state index in [0.717, 1.165) is 26.1 Å². The van der Waals surface area contributed by atoms with E-state index in [4.69, 9.17) is 0 Å². The molecule has 2 aromatic carbocycles. The van der Waals surface area contributed by atoms with Crippen molar-refractivity contribution in [2.75, 3.05) is 33.2 Å². The van der Waals surface area contributed by atoms with Crippen LogP contribution in [0.1, 0.15) is 28.3 Å². The lowest BCUT2D eigenvalue weighted by molar-refractivity contribution is 0.109. The highest BCUT2D eigenvalue weighted by molar-refractivity contribution is 5.75. The smallest absolute Gasteiger partial charge is 0.318 e. The maximum atomic E-state index is 12.8. The second-order valence-electron chi connectivity index (χ2n) is 7.29. The summed E-state index contributed by atoms with van der Waals surface area (Å²) in [7, 11) is 2.12. The first-order chi connectivity index (χ1) is 12.5. The summed E-state index contributed by atoms with van der Waals surface area (Å²) in [5.74, 6) is 0. The van der Waals surface area contributed by atoms with Gasteiger partial charge < -0.3 is 15.1 Å². The Hall–Kier alpha value is -2.33. The van der Waals surface area contributed by atoms with Crippen LogP contribution in [0.4, 0.5) is 4.79 Å². The van der Waals surface area contributed by atoms with Crippen LogP contribution in [0, 0.1) is 13.8 Å². The maximum Gasteiger partial charge on any atom is 0.318 e. The number of nitrogens with one attached hydrogen (secondary N) is 1. The fourth-order valence-corrected chi connectivity index (χ4v) is 3.65. The van der Waals surface area contributed by atoms with Gasteiger partial charge in [0.1, 0.15) is 0 Å². The van der Waals surface area contributed by atoms with E-state index in [-0.39, 0.29) is 12.1 Å². The van der Waals surface area contributed by atoms with Gasteiger partial charge in [-0.3, -0.25) is 0 Å². The van der Waals surface area contributed by atoms with Crippen LogP contribution in [-0.4, -0.2) is 49.1 Å². The Bertz CT molecular complexity index is 744. The molecule has 4 heteroatoms. The Morgan fingerprint density at radius 2 is 1.88 bits per heavy atom. The van der Waals surface area contributed by atoms with Gasteiger partial charge in [0.05, 0.1) is 6.04 Å². The molecule has 1 N–H and O–H groups in total. The lowest BCUT2D eigenvalue weighted by atomic mass is 10.0. The van der Waals surface area contributed by atoms with Crippen LogP contribution in [0.5, 0.6) is 0 Å². The third-order valence-corrected chi connectivity index (χ3v) is 5.20. The van der Waals surface area contributed by atoms with Crippen molar-refractivity contribution < 1.29 is 4.79 Å². The van der Waals surface area contributed by atoms with E-state index in [1.54, 1.807) is 0 Å². The largest absolute Gasteiger partial charge is 0.338 e. The second kappa shape index (κ2) is 8.37. The lowest BCUT2D eigenvalue weighted by Crippen LogP contribution is -2.52. The van der Waals surface area contributed by atoms with Gasteiger partial charge in [-0.25, -0.2) is 4.79 Å². The highest BCUT2D eigenvalue weighted by Gasteiger charge is 2.29.